The van der Waals surface area contributed by atoms with Crippen molar-refractivity contribution in [2.24, 2.45) is 0 Å². The fourth-order valence-corrected chi connectivity index (χ4v) is 2.24. The number of benzene rings is 1. The number of nitrogens with zero attached hydrogens (tertiary/aromatic N) is 1. The number of nitrogen functional groups attached to an aromatic ring is 1. The summed E-state index contributed by atoms with van der Waals surface area (Å²) < 4.78 is 5.29. The van der Waals surface area contributed by atoms with Crippen molar-refractivity contribution in [3.8, 4) is 0 Å². The Labute approximate surface area is 120 Å². The van der Waals surface area contributed by atoms with Gasteiger partial charge in [-0.2, -0.15) is 0 Å². The van der Waals surface area contributed by atoms with Crippen LogP contribution in [-0.4, -0.2) is 30.1 Å². The van der Waals surface area contributed by atoms with Gasteiger partial charge in [-0.05, 0) is 43.9 Å². The summed E-state index contributed by atoms with van der Waals surface area (Å²) in [5, 5.41) is 0. The Morgan fingerprint density at radius 3 is 2.65 bits per heavy atom. The molecule has 1 aromatic carbocycles. The lowest BCUT2D eigenvalue weighted by atomic mass is 10.2. The number of carbonyl (C=O) groups is 1. The van der Waals surface area contributed by atoms with Crippen LogP contribution in [0.1, 0.15) is 38.2 Å². The number of anilines is 1. The fraction of sp³-hybridized carbons (Fsp3) is 0.562. The van der Waals surface area contributed by atoms with Crippen molar-refractivity contribution in [3.05, 3.63) is 29.8 Å². The van der Waals surface area contributed by atoms with Crippen LogP contribution in [0.4, 0.5) is 5.69 Å². The van der Waals surface area contributed by atoms with E-state index in [4.69, 9.17) is 10.5 Å². The molecular weight excluding hydrogens is 252 g/mol. The maximum absolute atomic E-state index is 12.3. The van der Waals surface area contributed by atoms with E-state index >= 15 is 0 Å². The zero-order valence-electron chi connectivity index (χ0n) is 12.2. The molecule has 2 rings (SSSR count). The Balaban J connectivity index is 1.86. The molecule has 2 N–H and O–H groups in total. The third-order valence-electron chi connectivity index (χ3n) is 3.52. The molecule has 4 nitrogen and oxygen atoms in total. The van der Waals surface area contributed by atoms with Crippen molar-refractivity contribution >= 4 is 11.6 Å². The Hall–Kier alpha value is -1.55. The maximum atomic E-state index is 12.3. The van der Waals surface area contributed by atoms with Crippen LogP contribution in [0, 0.1) is 0 Å². The van der Waals surface area contributed by atoms with E-state index in [0.29, 0.717) is 32.2 Å². The Kier molecular flexibility index (Phi) is 5.41. The van der Waals surface area contributed by atoms with Gasteiger partial charge in [-0.15, -0.1) is 0 Å². The molecular formula is C16H24N2O2. The van der Waals surface area contributed by atoms with Gasteiger partial charge in [0.1, 0.15) is 0 Å². The van der Waals surface area contributed by atoms with Crippen LogP contribution in [0.2, 0.25) is 0 Å². The number of hydrogen-bond donors (Lipinski definition) is 1. The highest BCUT2D eigenvalue weighted by Gasteiger charge is 2.32. The van der Waals surface area contributed by atoms with Crippen molar-refractivity contribution in [2.45, 2.75) is 45.2 Å². The lowest BCUT2D eigenvalue weighted by Crippen LogP contribution is -2.32. The minimum absolute atomic E-state index is 0.240. The molecule has 1 aliphatic carbocycles. The fourth-order valence-electron chi connectivity index (χ4n) is 2.24. The average molecular weight is 276 g/mol. The summed E-state index contributed by atoms with van der Waals surface area (Å²) in [6, 6.07) is 8.21. The van der Waals surface area contributed by atoms with Gasteiger partial charge in [-0.3, -0.25) is 4.79 Å². The molecule has 1 fully saturated rings. The van der Waals surface area contributed by atoms with Crippen LogP contribution >= 0.6 is 0 Å². The van der Waals surface area contributed by atoms with E-state index in [-0.39, 0.29) is 5.91 Å². The van der Waals surface area contributed by atoms with E-state index in [1.54, 1.807) is 0 Å². The lowest BCUT2D eigenvalue weighted by Gasteiger charge is -2.22. The molecule has 0 spiro atoms. The van der Waals surface area contributed by atoms with E-state index in [0.717, 1.165) is 30.5 Å². The third-order valence-corrected chi connectivity index (χ3v) is 3.52. The number of nitrogens with two attached hydrogens (primary N) is 1. The summed E-state index contributed by atoms with van der Waals surface area (Å²) in [6.45, 7) is 4.05. The van der Waals surface area contributed by atoms with Gasteiger partial charge in [0.25, 0.3) is 0 Å². The van der Waals surface area contributed by atoms with Gasteiger partial charge < -0.3 is 15.4 Å². The second-order valence-electron chi connectivity index (χ2n) is 5.29. The van der Waals surface area contributed by atoms with E-state index < -0.39 is 0 Å². The summed E-state index contributed by atoms with van der Waals surface area (Å²) >= 11 is 0. The number of rotatable bonds is 8. The SMILES string of the molecule is CCOCCCC(=O)N(Cc1ccc(N)cc1)C1CC1. The number of carbonyl (C=O) groups excluding carboxylic acids is 1. The van der Waals surface area contributed by atoms with E-state index in [1.807, 2.05) is 36.1 Å². The van der Waals surface area contributed by atoms with E-state index in [1.165, 1.54) is 0 Å². The normalized spacial score (nSPS) is 14.2. The molecule has 0 unspecified atom stereocenters. The highest BCUT2D eigenvalue weighted by Crippen LogP contribution is 2.29. The van der Waals surface area contributed by atoms with Crippen molar-refractivity contribution in [2.75, 3.05) is 18.9 Å². The maximum Gasteiger partial charge on any atom is 0.223 e. The zero-order chi connectivity index (χ0) is 14.4. The topological polar surface area (TPSA) is 55.6 Å². The first-order chi connectivity index (χ1) is 9.70. The second-order valence-corrected chi connectivity index (χ2v) is 5.29. The Bertz CT molecular complexity index is 427. The molecule has 0 radical (unpaired) electrons. The molecule has 0 saturated heterocycles. The van der Waals surface area contributed by atoms with Crippen molar-refractivity contribution in [1.82, 2.24) is 4.90 Å². The van der Waals surface area contributed by atoms with Gasteiger partial charge in [-0.25, -0.2) is 0 Å². The van der Waals surface area contributed by atoms with Crippen LogP contribution in [0.25, 0.3) is 0 Å². The molecule has 0 aromatic heterocycles. The highest BCUT2D eigenvalue weighted by atomic mass is 16.5. The van der Waals surface area contributed by atoms with E-state index in [2.05, 4.69) is 0 Å². The van der Waals surface area contributed by atoms with Gasteiger partial charge in [-0.1, -0.05) is 12.1 Å². The summed E-state index contributed by atoms with van der Waals surface area (Å²) in [4.78, 5) is 14.3. The third kappa shape index (κ3) is 4.53. The first-order valence-corrected chi connectivity index (χ1v) is 7.42. The first kappa shape index (κ1) is 14.9. The lowest BCUT2D eigenvalue weighted by molar-refractivity contribution is -0.132. The molecule has 1 saturated carbocycles. The van der Waals surface area contributed by atoms with Gasteiger partial charge in [0.2, 0.25) is 5.91 Å². The molecule has 4 heteroatoms. The molecule has 0 aliphatic heterocycles. The minimum Gasteiger partial charge on any atom is -0.399 e. The van der Waals surface area contributed by atoms with Crippen LogP contribution in [0.5, 0.6) is 0 Å². The quantitative estimate of drug-likeness (QED) is 0.586. The average Bonchev–Trinajstić information content (AvgIpc) is 3.27. The molecule has 0 bridgehead atoms. The van der Waals surface area contributed by atoms with E-state index in [9.17, 15) is 4.79 Å². The molecule has 110 valence electrons. The van der Waals surface area contributed by atoms with Crippen LogP contribution in [0.3, 0.4) is 0 Å². The van der Waals surface area contributed by atoms with Gasteiger partial charge in [0.15, 0.2) is 0 Å². The van der Waals surface area contributed by atoms with Crippen molar-refractivity contribution in [3.63, 3.8) is 0 Å². The predicted molar refractivity (Wildman–Crippen MR) is 80.2 cm³/mol. The Morgan fingerprint density at radius 2 is 2.05 bits per heavy atom. The number of hydrogen-bond acceptors (Lipinski definition) is 3. The molecule has 1 aliphatic rings. The van der Waals surface area contributed by atoms with Gasteiger partial charge >= 0.3 is 0 Å². The van der Waals surface area contributed by atoms with Gasteiger partial charge in [0.05, 0.1) is 0 Å². The standard InChI is InChI=1S/C16H24N2O2/c1-2-20-11-3-4-16(19)18(15-9-10-15)12-13-5-7-14(17)8-6-13/h5-8,15H,2-4,9-12,17H2,1H3. The summed E-state index contributed by atoms with van der Waals surface area (Å²) in [7, 11) is 0. The molecule has 20 heavy (non-hydrogen) atoms. The first-order valence-electron chi connectivity index (χ1n) is 7.42. The summed E-state index contributed by atoms with van der Waals surface area (Å²) in [6.07, 6.45) is 3.64. The van der Waals surface area contributed by atoms with Gasteiger partial charge in [0, 0.05) is 37.9 Å². The minimum atomic E-state index is 0.240. The Morgan fingerprint density at radius 1 is 1.35 bits per heavy atom. The molecule has 1 aromatic rings. The van der Waals surface area contributed by atoms with Crippen molar-refractivity contribution < 1.29 is 9.53 Å². The second kappa shape index (κ2) is 7.29. The molecule has 0 heterocycles. The smallest absolute Gasteiger partial charge is 0.223 e. The largest absolute Gasteiger partial charge is 0.399 e. The van der Waals surface area contributed by atoms with Crippen LogP contribution in [-0.2, 0) is 16.1 Å². The predicted octanol–water partition coefficient (Wildman–Crippen LogP) is 2.58. The number of amides is 1. The summed E-state index contributed by atoms with van der Waals surface area (Å²) in [5.74, 6) is 0.240. The monoisotopic (exact) mass is 276 g/mol. The summed E-state index contributed by atoms with van der Waals surface area (Å²) in [5.41, 5.74) is 7.59. The highest BCUT2D eigenvalue weighted by molar-refractivity contribution is 5.76. The van der Waals surface area contributed by atoms with Crippen LogP contribution < -0.4 is 5.73 Å². The molecule has 0 atom stereocenters. The van der Waals surface area contributed by atoms with Crippen molar-refractivity contribution in [1.29, 1.82) is 0 Å². The zero-order valence-corrected chi connectivity index (χ0v) is 12.2. The molecule has 1 amide bonds. The van der Waals surface area contributed by atoms with Crippen LogP contribution in [0.15, 0.2) is 24.3 Å². The number of ether oxygens (including phenoxy) is 1.